The van der Waals surface area contributed by atoms with Gasteiger partial charge in [0.05, 0.1) is 5.52 Å². The van der Waals surface area contributed by atoms with Gasteiger partial charge in [-0.15, -0.1) is 0 Å². The van der Waals surface area contributed by atoms with Gasteiger partial charge in [0.15, 0.2) is 0 Å². The molecule has 0 bridgehead atoms. The van der Waals surface area contributed by atoms with Crippen molar-refractivity contribution in [2.75, 3.05) is 31.1 Å². The van der Waals surface area contributed by atoms with Crippen LogP contribution in [0.5, 0.6) is 0 Å². The van der Waals surface area contributed by atoms with Gasteiger partial charge in [0, 0.05) is 38.0 Å². The summed E-state index contributed by atoms with van der Waals surface area (Å²) in [6.07, 6.45) is 1.63. The first-order chi connectivity index (χ1) is 11.9. The Kier molecular flexibility index (Phi) is 5.21. The molecule has 0 saturated carbocycles. The molecule has 0 aliphatic carbocycles. The van der Waals surface area contributed by atoms with Gasteiger partial charge >= 0.3 is 0 Å². The highest BCUT2D eigenvalue weighted by Crippen LogP contribution is 2.26. The summed E-state index contributed by atoms with van der Waals surface area (Å²) in [6, 6.07) is 6.33. The van der Waals surface area contributed by atoms with Gasteiger partial charge in [-0.3, -0.25) is 4.79 Å². The molecule has 1 saturated heterocycles. The van der Waals surface area contributed by atoms with E-state index in [1.807, 2.05) is 11.8 Å². The molecular formula is C20H28N4O. The number of fused-ring (bicyclic) bond motifs is 1. The van der Waals surface area contributed by atoms with Gasteiger partial charge in [-0.1, -0.05) is 19.9 Å². The molecule has 2 heterocycles. The number of carbonyl (C=O) groups is 1. The molecule has 1 amide bonds. The van der Waals surface area contributed by atoms with Crippen LogP contribution in [0.15, 0.2) is 18.2 Å². The molecule has 0 unspecified atom stereocenters. The third kappa shape index (κ3) is 4.09. The zero-order valence-electron chi connectivity index (χ0n) is 15.7. The fourth-order valence-electron chi connectivity index (χ4n) is 3.32. The number of hydrogen-bond acceptors (Lipinski definition) is 4. The highest BCUT2D eigenvalue weighted by molar-refractivity contribution is 5.90. The first kappa shape index (κ1) is 17.6. The maximum Gasteiger partial charge on any atom is 0.222 e. The van der Waals surface area contributed by atoms with Crippen LogP contribution < -0.4 is 4.90 Å². The Hall–Kier alpha value is -2.17. The summed E-state index contributed by atoms with van der Waals surface area (Å²) in [7, 11) is 0. The van der Waals surface area contributed by atoms with Crippen LogP contribution in [-0.4, -0.2) is 47.0 Å². The molecule has 134 valence electrons. The van der Waals surface area contributed by atoms with Gasteiger partial charge in [0.25, 0.3) is 0 Å². The summed E-state index contributed by atoms with van der Waals surface area (Å²) in [5, 5.41) is 1.09. The molecule has 3 rings (SSSR count). The highest BCUT2D eigenvalue weighted by atomic mass is 16.2. The Labute approximate surface area is 150 Å². The molecule has 1 fully saturated rings. The van der Waals surface area contributed by atoms with Gasteiger partial charge in [-0.25, -0.2) is 9.97 Å². The molecule has 25 heavy (non-hydrogen) atoms. The van der Waals surface area contributed by atoms with Crippen molar-refractivity contribution in [1.29, 1.82) is 0 Å². The third-order valence-corrected chi connectivity index (χ3v) is 4.81. The zero-order chi connectivity index (χ0) is 18.0. The molecule has 1 aliphatic rings. The van der Waals surface area contributed by atoms with Crippen molar-refractivity contribution >= 4 is 22.6 Å². The van der Waals surface area contributed by atoms with Crippen molar-refractivity contribution in [3.05, 3.63) is 29.6 Å². The van der Waals surface area contributed by atoms with Gasteiger partial charge in [0.2, 0.25) is 5.91 Å². The van der Waals surface area contributed by atoms with Crippen LogP contribution in [-0.2, 0) is 4.79 Å². The standard InChI is InChI=1S/C20H28N4O/c1-14(2)5-8-19(25)23-9-11-24(12-10-23)20-17-7-6-15(3)13-18(17)21-16(4)22-20/h6-7,13-14H,5,8-12H2,1-4H3. The largest absolute Gasteiger partial charge is 0.352 e. The third-order valence-electron chi connectivity index (χ3n) is 4.81. The second-order valence-corrected chi connectivity index (χ2v) is 7.42. The normalized spacial score (nSPS) is 15.2. The maximum absolute atomic E-state index is 12.3. The predicted molar refractivity (Wildman–Crippen MR) is 102 cm³/mol. The van der Waals surface area contributed by atoms with Crippen molar-refractivity contribution in [3.8, 4) is 0 Å². The monoisotopic (exact) mass is 340 g/mol. The van der Waals surface area contributed by atoms with Crippen molar-refractivity contribution in [3.63, 3.8) is 0 Å². The minimum atomic E-state index is 0.285. The Morgan fingerprint density at radius 3 is 2.52 bits per heavy atom. The minimum absolute atomic E-state index is 0.285. The number of nitrogens with zero attached hydrogens (tertiary/aromatic N) is 4. The van der Waals surface area contributed by atoms with E-state index in [4.69, 9.17) is 4.98 Å². The first-order valence-electron chi connectivity index (χ1n) is 9.22. The summed E-state index contributed by atoms with van der Waals surface area (Å²) >= 11 is 0. The fraction of sp³-hybridized carbons (Fsp3) is 0.550. The quantitative estimate of drug-likeness (QED) is 0.856. The summed E-state index contributed by atoms with van der Waals surface area (Å²) < 4.78 is 0. The lowest BCUT2D eigenvalue weighted by Crippen LogP contribution is -2.49. The SMILES string of the molecule is Cc1ccc2c(N3CCN(C(=O)CCC(C)C)CC3)nc(C)nc2c1. The van der Waals surface area contributed by atoms with E-state index >= 15 is 0 Å². The number of anilines is 1. The Bertz CT molecular complexity index is 758. The first-order valence-corrected chi connectivity index (χ1v) is 9.22. The Morgan fingerprint density at radius 1 is 1.12 bits per heavy atom. The van der Waals surface area contributed by atoms with E-state index in [2.05, 4.69) is 48.9 Å². The highest BCUT2D eigenvalue weighted by Gasteiger charge is 2.23. The molecule has 2 aromatic rings. The molecule has 1 aromatic heterocycles. The van der Waals surface area contributed by atoms with Crippen LogP contribution in [0.2, 0.25) is 0 Å². The van der Waals surface area contributed by atoms with Crippen LogP contribution in [0.25, 0.3) is 10.9 Å². The van der Waals surface area contributed by atoms with E-state index in [0.29, 0.717) is 12.3 Å². The smallest absolute Gasteiger partial charge is 0.222 e. The fourth-order valence-corrected chi connectivity index (χ4v) is 3.32. The van der Waals surface area contributed by atoms with E-state index < -0.39 is 0 Å². The Morgan fingerprint density at radius 2 is 1.84 bits per heavy atom. The predicted octanol–water partition coefficient (Wildman–Crippen LogP) is 3.33. The topological polar surface area (TPSA) is 49.3 Å². The van der Waals surface area contributed by atoms with Crippen molar-refractivity contribution < 1.29 is 4.79 Å². The van der Waals surface area contributed by atoms with Crippen LogP contribution >= 0.6 is 0 Å². The van der Waals surface area contributed by atoms with E-state index in [9.17, 15) is 4.79 Å². The number of rotatable bonds is 4. The molecule has 0 atom stereocenters. The summed E-state index contributed by atoms with van der Waals surface area (Å²) in [6.45, 7) is 11.5. The second-order valence-electron chi connectivity index (χ2n) is 7.42. The average Bonchev–Trinajstić information content (AvgIpc) is 2.58. The molecule has 0 radical (unpaired) electrons. The maximum atomic E-state index is 12.3. The molecule has 5 nitrogen and oxygen atoms in total. The van der Waals surface area contributed by atoms with Gasteiger partial charge in [-0.2, -0.15) is 0 Å². The molecular weight excluding hydrogens is 312 g/mol. The van der Waals surface area contributed by atoms with Gasteiger partial charge < -0.3 is 9.80 Å². The molecule has 0 N–H and O–H groups in total. The van der Waals surface area contributed by atoms with Crippen LogP contribution in [0.4, 0.5) is 5.82 Å². The summed E-state index contributed by atoms with van der Waals surface area (Å²) in [5.74, 6) is 2.65. The molecule has 0 spiro atoms. The average molecular weight is 340 g/mol. The number of carbonyl (C=O) groups excluding carboxylic acids is 1. The number of benzene rings is 1. The van der Waals surface area contributed by atoms with Crippen molar-refractivity contribution in [2.45, 2.75) is 40.5 Å². The number of amides is 1. The van der Waals surface area contributed by atoms with Crippen LogP contribution in [0, 0.1) is 19.8 Å². The number of aromatic nitrogens is 2. The number of hydrogen-bond donors (Lipinski definition) is 0. The molecule has 1 aromatic carbocycles. The minimum Gasteiger partial charge on any atom is -0.352 e. The molecule has 1 aliphatic heterocycles. The van der Waals surface area contributed by atoms with E-state index in [0.717, 1.165) is 55.1 Å². The van der Waals surface area contributed by atoms with Crippen LogP contribution in [0.3, 0.4) is 0 Å². The zero-order valence-corrected chi connectivity index (χ0v) is 15.7. The van der Waals surface area contributed by atoms with Crippen molar-refractivity contribution in [2.24, 2.45) is 5.92 Å². The summed E-state index contributed by atoms with van der Waals surface area (Å²) in [4.78, 5) is 25.9. The molecule has 5 heteroatoms. The van der Waals surface area contributed by atoms with E-state index in [1.165, 1.54) is 5.56 Å². The van der Waals surface area contributed by atoms with Crippen molar-refractivity contribution in [1.82, 2.24) is 14.9 Å². The summed E-state index contributed by atoms with van der Waals surface area (Å²) in [5.41, 5.74) is 2.20. The number of piperazine rings is 1. The lowest BCUT2D eigenvalue weighted by atomic mass is 10.1. The number of aryl methyl sites for hydroxylation is 2. The van der Waals surface area contributed by atoms with E-state index in [1.54, 1.807) is 0 Å². The lowest BCUT2D eigenvalue weighted by Gasteiger charge is -2.36. The van der Waals surface area contributed by atoms with Gasteiger partial charge in [0.1, 0.15) is 11.6 Å². The lowest BCUT2D eigenvalue weighted by molar-refractivity contribution is -0.131. The van der Waals surface area contributed by atoms with Gasteiger partial charge in [-0.05, 0) is 43.9 Å². The Balaban J connectivity index is 1.73. The van der Waals surface area contributed by atoms with Crippen LogP contribution in [0.1, 0.15) is 38.1 Å². The second kappa shape index (κ2) is 7.38. The van der Waals surface area contributed by atoms with E-state index in [-0.39, 0.29) is 5.91 Å².